The number of aromatic nitrogens is 1. The van der Waals surface area contributed by atoms with Gasteiger partial charge in [0.25, 0.3) is 0 Å². The molecule has 1 nitrogen and oxygen atoms in total. The summed E-state index contributed by atoms with van der Waals surface area (Å²) in [5, 5.41) is 0. The third-order valence-electron chi connectivity index (χ3n) is 7.00. The van der Waals surface area contributed by atoms with Crippen LogP contribution in [-0.2, 0) is 6.42 Å². The fourth-order valence-electron chi connectivity index (χ4n) is 5.22. The van der Waals surface area contributed by atoms with E-state index in [4.69, 9.17) is 0 Å². The third kappa shape index (κ3) is 5.25. The second-order valence-electron chi connectivity index (χ2n) is 8.94. The van der Waals surface area contributed by atoms with Gasteiger partial charge in [0.2, 0.25) is 0 Å². The Labute approximate surface area is 173 Å². The van der Waals surface area contributed by atoms with Gasteiger partial charge in [0.05, 0.1) is 0 Å². The van der Waals surface area contributed by atoms with E-state index in [2.05, 4.69) is 62.3 Å². The van der Waals surface area contributed by atoms with Crippen molar-refractivity contribution in [2.45, 2.75) is 90.9 Å². The van der Waals surface area contributed by atoms with Crippen LogP contribution in [0.4, 0.5) is 0 Å². The van der Waals surface area contributed by atoms with Gasteiger partial charge in [-0.1, -0.05) is 83.6 Å². The average Bonchev–Trinajstić information content (AvgIpc) is 2.75. The summed E-state index contributed by atoms with van der Waals surface area (Å²) in [6.45, 7) is 7.06. The van der Waals surface area contributed by atoms with Crippen LogP contribution in [-0.4, -0.2) is 4.98 Å². The molecule has 0 radical (unpaired) electrons. The minimum Gasteiger partial charge on any atom is -0.264 e. The van der Waals surface area contributed by atoms with Gasteiger partial charge < -0.3 is 0 Å². The normalized spacial score (nSPS) is 20.8. The Morgan fingerprint density at radius 2 is 1.71 bits per heavy atom. The van der Waals surface area contributed by atoms with Gasteiger partial charge in [0, 0.05) is 12.4 Å². The van der Waals surface area contributed by atoms with E-state index in [-0.39, 0.29) is 0 Å². The Morgan fingerprint density at radius 3 is 2.46 bits per heavy atom. The van der Waals surface area contributed by atoms with E-state index >= 15 is 0 Å². The molecule has 0 bridgehead atoms. The average molecular weight is 378 g/mol. The van der Waals surface area contributed by atoms with Gasteiger partial charge in [-0.3, -0.25) is 4.98 Å². The Bertz CT molecular complexity index is 712. The van der Waals surface area contributed by atoms with Gasteiger partial charge in [0.1, 0.15) is 0 Å². The quantitative estimate of drug-likeness (QED) is 0.401. The Morgan fingerprint density at radius 1 is 0.929 bits per heavy atom. The Hall–Kier alpha value is -1.63. The van der Waals surface area contributed by atoms with Crippen molar-refractivity contribution in [3.63, 3.8) is 0 Å². The molecule has 1 fully saturated rings. The van der Waals surface area contributed by atoms with Crippen molar-refractivity contribution in [2.75, 3.05) is 0 Å². The number of rotatable bonds is 9. The van der Waals surface area contributed by atoms with Crippen molar-refractivity contribution in [1.82, 2.24) is 4.98 Å². The summed E-state index contributed by atoms with van der Waals surface area (Å²) in [5.74, 6) is 2.37. The minimum absolute atomic E-state index is 0.593. The van der Waals surface area contributed by atoms with E-state index < -0.39 is 0 Å². The molecular weight excluding hydrogens is 338 g/mol. The number of nitrogens with zero attached hydrogens (tertiary/aromatic N) is 1. The Balaban J connectivity index is 1.80. The molecule has 1 aliphatic carbocycles. The molecule has 0 saturated heterocycles. The zero-order valence-corrected chi connectivity index (χ0v) is 18.3. The predicted molar refractivity (Wildman–Crippen MR) is 122 cm³/mol. The molecule has 1 aromatic carbocycles. The van der Waals surface area contributed by atoms with Crippen LogP contribution in [0.1, 0.15) is 95.6 Å². The lowest BCUT2D eigenvalue weighted by Crippen LogP contribution is -2.19. The first kappa shape index (κ1) is 21.1. The van der Waals surface area contributed by atoms with E-state index in [1.165, 1.54) is 86.5 Å². The SMILES string of the molecule is CCCCCc1ccccc1-c1ccncc1C(C)C1CCC(CCC)CC1. The first-order valence-electron chi connectivity index (χ1n) is 11.8. The second-order valence-corrected chi connectivity index (χ2v) is 8.94. The van der Waals surface area contributed by atoms with Crippen molar-refractivity contribution in [2.24, 2.45) is 11.8 Å². The smallest absolute Gasteiger partial charge is 0.0308 e. The maximum atomic E-state index is 4.54. The molecule has 1 saturated carbocycles. The minimum atomic E-state index is 0.593. The number of hydrogen-bond acceptors (Lipinski definition) is 1. The summed E-state index contributed by atoms with van der Waals surface area (Å²) in [6, 6.07) is 11.3. The van der Waals surface area contributed by atoms with Crippen LogP contribution in [0.2, 0.25) is 0 Å². The summed E-state index contributed by atoms with van der Waals surface area (Å²) in [5.41, 5.74) is 5.82. The molecule has 1 atom stereocenters. The van der Waals surface area contributed by atoms with Gasteiger partial charge in [-0.05, 0) is 71.8 Å². The molecule has 1 unspecified atom stereocenters. The molecule has 1 heteroatoms. The van der Waals surface area contributed by atoms with E-state index in [9.17, 15) is 0 Å². The summed E-state index contributed by atoms with van der Waals surface area (Å²) in [6.07, 6.45) is 17.6. The molecule has 152 valence electrons. The zero-order valence-electron chi connectivity index (χ0n) is 18.3. The van der Waals surface area contributed by atoms with Crippen LogP contribution in [0.5, 0.6) is 0 Å². The van der Waals surface area contributed by atoms with E-state index in [1.807, 2.05) is 6.20 Å². The summed E-state index contributed by atoms with van der Waals surface area (Å²) >= 11 is 0. The zero-order chi connectivity index (χ0) is 19.8. The maximum absolute atomic E-state index is 4.54. The molecule has 3 rings (SSSR count). The number of pyridine rings is 1. The van der Waals surface area contributed by atoms with E-state index in [0.717, 1.165) is 11.8 Å². The van der Waals surface area contributed by atoms with Crippen molar-refractivity contribution >= 4 is 0 Å². The maximum Gasteiger partial charge on any atom is 0.0308 e. The third-order valence-corrected chi connectivity index (χ3v) is 7.00. The fraction of sp³-hybridized carbons (Fsp3) is 0.593. The number of benzene rings is 1. The van der Waals surface area contributed by atoms with Crippen LogP contribution < -0.4 is 0 Å². The molecule has 0 spiro atoms. The van der Waals surface area contributed by atoms with Crippen molar-refractivity contribution in [1.29, 1.82) is 0 Å². The van der Waals surface area contributed by atoms with Gasteiger partial charge in [-0.15, -0.1) is 0 Å². The predicted octanol–water partition coefficient (Wildman–Crippen LogP) is 8.19. The first-order chi connectivity index (χ1) is 13.7. The molecular formula is C27H39N. The van der Waals surface area contributed by atoms with Crippen LogP contribution in [0.25, 0.3) is 11.1 Å². The van der Waals surface area contributed by atoms with Gasteiger partial charge >= 0.3 is 0 Å². The molecule has 0 amide bonds. The van der Waals surface area contributed by atoms with Crippen molar-refractivity contribution < 1.29 is 0 Å². The van der Waals surface area contributed by atoms with Gasteiger partial charge in [-0.25, -0.2) is 0 Å². The highest BCUT2D eigenvalue weighted by Gasteiger charge is 2.27. The highest BCUT2D eigenvalue weighted by Crippen LogP contribution is 2.42. The van der Waals surface area contributed by atoms with Crippen LogP contribution in [0, 0.1) is 11.8 Å². The largest absolute Gasteiger partial charge is 0.264 e. The lowest BCUT2D eigenvalue weighted by molar-refractivity contribution is 0.239. The highest BCUT2D eigenvalue weighted by atomic mass is 14.6. The summed E-state index contributed by atoms with van der Waals surface area (Å²) in [4.78, 5) is 4.54. The van der Waals surface area contributed by atoms with Gasteiger partial charge in [-0.2, -0.15) is 0 Å². The molecule has 28 heavy (non-hydrogen) atoms. The molecule has 2 aromatic rings. The van der Waals surface area contributed by atoms with Crippen molar-refractivity contribution in [3.8, 4) is 11.1 Å². The number of unbranched alkanes of at least 4 members (excludes halogenated alkanes) is 2. The number of hydrogen-bond donors (Lipinski definition) is 0. The lowest BCUT2D eigenvalue weighted by Gasteiger charge is -2.33. The van der Waals surface area contributed by atoms with E-state index in [0.29, 0.717) is 5.92 Å². The number of aryl methyl sites for hydroxylation is 1. The topological polar surface area (TPSA) is 12.9 Å². The summed E-state index contributed by atoms with van der Waals surface area (Å²) in [7, 11) is 0. The lowest BCUT2D eigenvalue weighted by atomic mass is 9.72. The second kappa shape index (κ2) is 10.8. The van der Waals surface area contributed by atoms with Crippen LogP contribution in [0.15, 0.2) is 42.7 Å². The summed E-state index contributed by atoms with van der Waals surface area (Å²) < 4.78 is 0. The fourth-order valence-corrected chi connectivity index (χ4v) is 5.22. The standard InChI is InChI=1S/C27H39N/c1-4-6-7-11-24-12-8-9-13-25(24)26-18-19-28-20-27(26)21(3)23-16-14-22(10-5-2)15-17-23/h8-9,12-13,18-23H,4-7,10-11,14-17H2,1-3H3. The molecule has 1 heterocycles. The highest BCUT2D eigenvalue weighted by molar-refractivity contribution is 5.71. The molecule has 1 aromatic heterocycles. The van der Waals surface area contributed by atoms with Crippen LogP contribution in [0.3, 0.4) is 0 Å². The van der Waals surface area contributed by atoms with Crippen LogP contribution >= 0.6 is 0 Å². The van der Waals surface area contributed by atoms with E-state index in [1.54, 1.807) is 0 Å². The Kier molecular flexibility index (Phi) is 8.13. The first-order valence-corrected chi connectivity index (χ1v) is 11.8. The van der Waals surface area contributed by atoms with Gasteiger partial charge in [0.15, 0.2) is 0 Å². The molecule has 0 aliphatic heterocycles. The molecule has 0 N–H and O–H groups in total. The monoisotopic (exact) mass is 377 g/mol. The van der Waals surface area contributed by atoms with Crippen molar-refractivity contribution in [3.05, 3.63) is 53.9 Å². The molecule has 1 aliphatic rings.